The van der Waals surface area contributed by atoms with Gasteiger partial charge in [-0.2, -0.15) is 0 Å². The van der Waals surface area contributed by atoms with Crippen LogP contribution in [0, 0.1) is 0 Å². The fraction of sp³-hybridized carbons (Fsp3) is 0.200. The van der Waals surface area contributed by atoms with Gasteiger partial charge >= 0.3 is 11.9 Å². The molecule has 30 heavy (non-hydrogen) atoms. The van der Waals surface area contributed by atoms with Gasteiger partial charge in [0.1, 0.15) is 23.6 Å². The molecule has 0 aliphatic heterocycles. The lowest BCUT2D eigenvalue weighted by atomic mass is 9.95. The van der Waals surface area contributed by atoms with E-state index < -0.39 is 24.0 Å². The number of aromatic hydroxyl groups is 2. The van der Waals surface area contributed by atoms with E-state index in [9.17, 15) is 39.6 Å². The lowest BCUT2D eigenvalue weighted by Gasteiger charge is -2.15. The standard InChI is InChI=1S/C20H20N2O8/c23-9-21-15(19(27)28)7-11-1-3-17(25)13(5-11)14-6-12(2-4-18(14)26)8-16(20(29)30)22-10-24/h1-6,9-10,15-16,25-26H,7-8H2,(H,21,23)(H,22,24)(H,27,28)(H,29,30)/t15-,16-/m0/s1. The highest BCUT2D eigenvalue weighted by atomic mass is 16.4. The Morgan fingerprint density at radius 3 is 1.43 bits per heavy atom. The number of hydrogen-bond donors (Lipinski definition) is 6. The van der Waals surface area contributed by atoms with Crippen molar-refractivity contribution in [1.82, 2.24) is 10.6 Å². The third kappa shape index (κ3) is 5.47. The van der Waals surface area contributed by atoms with Crippen molar-refractivity contribution in [1.29, 1.82) is 0 Å². The summed E-state index contributed by atoms with van der Waals surface area (Å²) in [4.78, 5) is 43.7. The number of hydrogen-bond acceptors (Lipinski definition) is 6. The molecular weight excluding hydrogens is 396 g/mol. The van der Waals surface area contributed by atoms with Gasteiger partial charge in [0.25, 0.3) is 0 Å². The van der Waals surface area contributed by atoms with Crippen molar-refractivity contribution >= 4 is 24.8 Å². The molecule has 0 aromatic heterocycles. The monoisotopic (exact) mass is 416 g/mol. The van der Waals surface area contributed by atoms with Gasteiger partial charge in [-0.15, -0.1) is 0 Å². The number of carbonyl (C=O) groups is 4. The molecule has 158 valence electrons. The van der Waals surface area contributed by atoms with E-state index in [1.807, 2.05) is 0 Å². The largest absolute Gasteiger partial charge is 0.507 e. The number of carbonyl (C=O) groups excluding carboxylic acids is 2. The molecule has 2 aromatic carbocycles. The normalized spacial score (nSPS) is 12.4. The summed E-state index contributed by atoms with van der Waals surface area (Å²) in [5, 5.41) is 43.2. The Kier molecular flexibility index (Phi) is 7.34. The molecule has 10 nitrogen and oxygen atoms in total. The van der Waals surface area contributed by atoms with E-state index >= 15 is 0 Å². The molecule has 2 rings (SSSR count). The summed E-state index contributed by atoms with van der Waals surface area (Å²) in [5.41, 5.74) is 1.33. The van der Waals surface area contributed by atoms with Gasteiger partial charge in [-0.25, -0.2) is 9.59 Å². The van der Waals surface area contributed by atoms with Gasteiger partial charge in [0, 0.05) is 24.0 Å². The molecule has 2 amide bonds. The molecule has 0 fully saturated rings. The van der Waals surface area contributed by atoms with E-state index in [1.54, 1.807) is 0 Å². The number of aliphatic carboxylic acids is 2. The minimum absolute atomic E-state index is 0.0633. The zero-order valence-electron chi connectivity index (χ0n) is 15.6. The Morgan fingerprint density at radius 1 is 0.767 bits per heavy atom. The van der Waals surface area contributed by atoms with Crippen molar-refractivity contribution in [3.05, 3.63) is 47.5 Å². The van der Waals surface area contributed by atoms with Crippen LogP contribution in [0.3, 0.4) is 0 Å². The van der Waals surface area contributed by atoms with E-state index in [0.29, 0.717) is 11.1 Å². The van der Waals surface area contributed by atoms with Crippen LogP contribution in [0.5, 0.6) is 11.5 Å². The summed E-state index contributed by atoms with van der Waals surface area (Å²) in [7, 11) is 0. The molecule has 0 saturated heterocycles. The molecule has 0 aliphatic carbocycles. The number of rotatable bonds is 11. The first kappa shape index (κ1) is 22.2. The molecule has 0 radical (unpaired) electrons. The number of phenols is 2. The van der Waals surface area contributed by atoms with E-state index in [0.717, 1.165) is 0 Å². The second kappa shape index (κ2) is 9.92. The lowest BCUT2D eigenvalue weighted by molar-refractivity contribution is -0.141. The van der Waals surface area contributed by atoms with E-state index in [2.05, 4.69) is 10.6 Å². The molecular formula is C20H20N2O8. The van der Waals surface area contributed by atoms with Crippen LogP contribution in [-0.4, -0.2) is 57.3 Å². The smallest absolute Gasteiger partial charge is 0.326 e. The quantitative estimate of drug-likeness (QED) is 0.283. The first-order valence-corrected chi connectivity index (χ1v) is 8.76. The minimum atomic E-state index is -1.23. The summed E-state index contributed by atoms with van der Waals surface area (Å²) in [6.45, 7) is 0. The average molecular weight is 416 g/mol. The van der Waals surface area contributed by atoms with Gasteiger partial charge in [-0.3, -0.25) is 9.59 Å². The molecule has 10 heteroatoms. The van der Waals surface area contributed by atoms with Crippen molar-refractivity contribution in [2.75, 3.05) is 0 Å². The molecule has 0 heterocycles. The van der Waals surface area contributed by atoms with Gasteiger partial charge in [0.2, 0.25) is 12.8 Å². The van der Waals surface area contributed by atoms with Crippen LogP contribution in [0.1, 0.15) is 11.1 Å². The van der Waals surface area contributed by atoms with Gasteiger partial charge in [0.05, 0.1) is 0 Å². The summed E-state index contributed by atoms with van der Waals surface area (Å²) in [6, 6.07) is 6.20. The topological polar surface area (TPSA) is 173 Å². The van der Waals surface area contributed by atoms with Crippen LogP contribution < -0.4 is 10.6 Å². The van der Waals surface area contributed by atoms with Crippen molar-refractivity contribution in [3.63, 3.8) is 0 Å². The van der Waals surface area contributed by atoms with Crippen molar-refractivity contribution in [3.8, 4) is 22.6 Å². The van der Waals surface area contributed by atoms with Crippen LogP contribution in [0.4, 0.5) is 0 Å². The maximum atomic E-state index is 11.2. The Hall–Kier alpha value is -4.08. The molecule has 0 saturated carbocycles. The van der Waals surface area contributed by atoms with Crippen LogP contribution in [-0.2, 0) is 32.0 Å². The predicted octanol–water partition coefficient (Wildman–Crippen LogP) is 0.248. The third-order valence-corrected chi connectivity index (χ3v) is 4.43. The summed E-state index contributed by atoms with van der Waals surface area (Å²) in [6.07, 6.45) is 0.432. The molecule has 0 unspecified atom stereocenters. The number of amides is 2. The Labute approximate surface area is 170 Å². The van der Waals surface area contributed by atoms with Crippen LogP contribution in [0.25, 0.3) is 11.1 Å². The summed E-state index contributed by atoms with van der Waals surface area (Å²) >= 11 is 0. The van der Waals surface area contributed by atoms with Gasteiger partial charge in [0.15, 0.2) is 0 Å². The number of phenolic OH excluding ortho intramolecular Hbond substituents is 2. The maximum Gasteiger partial charge on any atom is 0.326 e. The number of benzene rings is 2. The lowest BCUT2D eigenvalue weighted by Crippen LogP contribution is -2.37. The van der Waals surface area contributed by atoms with Crippen molar-refractivity contribution in [2.45, 2.75) is 24.9 Å². The molecule has 2 atom stereocenters. The SMILES string of the molecule is O=CN[C@@H](Cc1ccc(O)c(-c2cc(C[C@H](NC=O)C(=O)O)ccc2O)c1)C(=O)O. The molecule has 0 bridgehead atoms. The van der Waals surface area contributed by atoms with E-state index in [4.69, 9.17) is 0 Å². The third-order valence-electron chi connectivity index (χ3n) is 4.43. The minimum Gasteiger partial charge on any atom is -0.507 e. The highest BCUT2D eigenvalue weighted by Gasteiger charge is 2.20. The van der Waals surface area contributed by atoms with E-state index in [-0.39, 0.29) is 48.3 Å². The first-order chi connectivity index (χ1) is 14.3. The van der Waals surface area contributed by atoms with E-state index in [1.165, 1.54) is 36.4 Å². The fourth-order valence-corrected chi connectivity index (χ4v) is 2.92. The zero-order valence-corrected chi connectivity index (χ0v) is 15.6. The second-order valence-electron chi connectivity index (χ2n) is 6.46. The highest BCUT2D eigenvalue weighted by Crippen LogP contribution is 2.37. The summed E-state index contributed by atoms with van der Waals surface area (Å²) in [5.74, 6) is -2.85. The Morgan fingerprint density at radius 2 is 1.13 bits per heavy atom. The Balaban J connectivity index is 2.40. The first-order valence-electron chi connectivity index (χ1n) is 8.76. The number of carboxylic acid groups (broad SMARTS) is 2. The van der Waals surface area contributed by atoms with Crippen LogP contribution in [0.2, 0.25) is 0 Å². The molecule has 0 spiro atoms. The predicted molar refractivity (Wildman–Crippen MR) is 104 cm³/mol. The van der Waals surface area contributed by atoms with Crippen LogP contribution >= 0.6 is 0 Å². The fourth-order valence-electron chi connectivity index (χ4n) is 2.92. The number of carboxylic acids is 2. The van der Waals surface area contributed by atoms with Gasteiger partial charge in [-0.1, -0.05) is 12.1 Å². The van der Waals surface area contributed by atoms with Crippen molar-refractivity contribution < 1.29 is 39.6 Å². The number of nitrogens with one attached hydrogen (secondary N) is 2. The maximum absolute atomic E-state index is 11.2. The molecule has 2 aromatic rings. The van der Waals surface area contributed by atoms with Crippen molar-refractivity contribution in [2.24, 2.45) is 0 Å². The average Bonchev–Trinajstić information content (AvgIpc) is 2.70. The zero-order chi connectivity index (χ0) is 22.3. The van der Waals surface area contributed by atoms with Crippen LogP contribution in [0.15, 0.2) is 36.4 Å². The molecule has 0 aliphatic rings. The Bertz CT molecular complexity index is 882. The summed E-state index contributed by atoms with van der Waals surface area (Å²) < 4.78 is 0. The second-order valence-corrected chi connectivity index (χ2v) is 6.46. The van der Waals surface area contributed by atoms with Gasteiger partial charge in [-0.05, 0) is 35.4 Å². The molecule has 6 N–H and O–H groups in total. The van der Waals surface area contributed by atoms with Gasteiger partial charge < -0.3 is 31.1 Å². The highest BCUT2D eigenvalue weighted by molar-refractivity contribution is 5.79.